The van der Waals surface area contributed by atoms with Crippen LogP contribution in [0.25, 0.3) is 0 Å². The summed E-state index contributed by atoms with van der Waals surface area (Å²) in [4.78, 5) is 8.10. The van der Waals surface area contributed by atoms with Crippen molar-refractivity contribution >= 4 is 11.4 Å². The lowest BCUT2D eigenvalue weighted by atomic mass is 10.1. The van der Waals surface area contributed by atoms with Gasteiger partial charge in [-0.3, -0.25) is 10.4 Å². The summed E-state index contributed by atoms with van der Waals surface area (Å²) in [6.45, 7) is 10.5. The second-order valence-electron chi connectivity index (χ2n) is 5.55. The minimum atomic E-state index is -4.20. The SMILES string of the molecule is C=CN/N=C(\C=C/Cc1cnc(C)o1)C(/C=C)=C/N=C(\C)CCC(F)(F)F. The van der Waals surface area contributed by atoms with Crippen LogP contribution in [-0.4, -0.2) is 22.6 Å². The first-order valence-corrected chi connectivity index (χ1v) is 8.20. The second-order valence-corrected chi connectivity index (χ2v) is 5.55. The second kappa shape index (κ2) is 10.9. The van der Waals surface area contributed by atoms with Gasteiger partial charge in [0, 0.05) is 43.5 Å². The first-order valence-electron chi connectivity index (χ1n) is 8.20. The van der Waals surface area contributed by atoms with Crippen molar-refractivity contribution in [2.45, 2.75) is 39.3 Å². The molecule has 8 heteroatoms. The third-order valence-electron chi connectivity index (χ3n) is 3.25. The predicted octanol–water partition coefficient (Wildman–Crippen LogP) is 5.04. The number of nitrogens with one attached hydrogen (secondary N) is 1. The van der Waals surface area contributed by atoms with E-state index in [2.05, 4.69) is 33.7 Å². The summed E-state index contributed by atoms with van der Waals surface area (Å²) in [5.74, 6) is 1.28. The van der Waals surface area contributed by atoms with E-state index in [0.29, 0.717) is 35.1 Å². The number of oxazole rings is 1. The predicted molar refractivity (Wildman–Crippen MR) is 102 cm³/mol. The maximum absolute atomic E-state index is 12.3. The number of aromatic nitrogens is 1. The van der Waals surface area contributed by atoms with Crippen molar-refractivity contribution in [2.75, 3.05) is 0 Å². The number of hydrogen-bond acceptors (Lipinski definition) is 5. The number of alkyl halides is 3. The lowest BCUT2D eigenvalue weighted by molar-refractivity contribution is -0.132. The molecule has 0 aliphatic carbocycles. The Morgan fingerprint density at radius 1 is 1.37 bits per heavy atom. The van der Waals surface area contributed by atoms with Gasteiger partial charge in [0.25, 0.3) is 0 Å². The summed E-state index contributed by atoms with van der Waals surface area (Å²) >= 11 is 0. The molecule has 1 N–H and O–H groups in total. The number of aliphatic imine (C=N–C) groups is 1. The molecule has 0 aliphatic rings. The number of aryl methyl sites for hydroxylation is 1. The monoisotopic (exact) mass is 380 g/mol. The number of hydrogen-bond donors (Lipinski definition) is 1. The molecule has 0 saturated carbocycles. The Labute approximate surface area is 156 Å². The normalized spacial score (nSPS) is 13.9. The van der Waals surface area contributed by atoms with Crippen LogP contribution >= 0.6 is 0 Å². The molecule has 0 saturated heterocycles. The van der Waals surface area contributed by atoms with Gasteiger partial charge in [-0.25, -0.2) is 4.98 Å². The van der Waals surface area contributed by atoms with Gasteiger partial charge in [0.15, 0.2) is 5.89 Å². The van der Waals surface area contributed by atoms with Crippen molar-refractivity contribution in [1.29, 1.82) is 0 Å². The van der Waals surface area contributed by atoms with Crippen LogP contribution in [0.5, 0.6) is 0 Å². The van der Waals surface area contributed by atoms with E-state index in [1.165, 1.54) is 18.5 Å². The Morgan fingerprint density at radius 2 is 2.11 bits per heavy atom. The lowest BCUT2D eigenvalue weighted by Gasteiger charge is -2.05. The number of rotatable bonds is 10. The highest BCUT2D eigenvalue weighted by atomic mass is 19.4. The molecule has 5 nitrogen and oxygen atoms in total. The molecule has 1 heterocycles. The maximum atomic E-state index is 12.3. The van der Waals surface area contributed by atoms with Crippen LogP contribution in [0, 0.1) is 6.92 Å². The molecular weight excluding hydrogens is 357 g/mol. The van der Waals surface area contributed by atoms with Crippen molar-refractivity contribution < 1.29 is 17.6 Å². The fraction of sp³-hybridized carbons (Fsp3) is 0.316. The summed E-state index contributed by atoms with van der Waals surface area (Å²) in [5.41, 5.74) is 4.03. The van der Waals surface area contributed by atoms with Crippen molar-refractivity contribution in [3.05, 3.63) is 67.2 Å². The standard InChI is InChI=1S/C19H23F3N4O/c1-5-16(12-23-14(3)10-11-19(20,21)22)18(26-25-6-2)9-7-8-17-13-24-15(4)27-17/h5-7,9,12-13,25H,1-2,8,10-11H2,3-4H3/b9-7-,16-12+,23-14+,26-18+. The molecule has 1 aromatic rings. The molecule has 1 rings (SSSR count). The van der Waals surface area contributed by atoms with E-state index in [1.54, 1.807) is 26.1 Å². The van der Waals surface area contributed by atoms with E-state index in [1.807, 2.05) is 6.08 Å². The number of halogens is 3. The van der Waals surface area contributed by atoms with E-state index in [4.69, 9.17) is 4.42 Å². The molecular formula is C19H23F3N4O. The Hall–Kier alpha value is -2.90. The van der Waals surface area contributed by atoms with Gasteiger partial charge in [-0.15, -0.1) is 0 Å². The van der Waals surface area contributed by atoms with Crippen molar-refractivity contribution in [3.63, 3.8) is 0 Å². The number of nitrogens with zero attached hydrogens (tertiary/aromatic N) is 3. The van der Waals surface area contributed by atoms with Crippen LogP contribution in [0.2, 0.25) is 0 Å². The topological polar surface area (TPSA) is 62.8 Å². The molecule has 27 heavy (non-hydrogen) atoms. The van der Waals surface area contributed by atoms with Gasteiger partial charge in [-0.05, 0) is 19.4 Å². The zero-order chi connectivity index (χ0) is 20.3. The summed E-state index contributed by atoms with van der Waals surface area (Å²) in [6, 6.07) is 0. The van der Waals surface area contributed by atoms with Gasteiger partial charge in [0.2, 0.25) is 0 Å². The van der Waals surface area contributed by atoms with Gasteiger partial charge in [-0.2, -0.15) is 18.3 Å². The fourth-order valence-corrected chi connectivity index (χ4v) is 1.89. The highest BCUT2D eigenvalue weighted by Crippen LogP contribution is 2.21. The highest BCUT2D eigenvalue weighted by Gasteiger charge is 2.26. The fourth-order valence-electron chi connectivity index (χ4n) is 1.89. The average molecular weight is 380 g/mol. The van der Waals surface area contributed by atoms with Gasteiger partial charge >= 0.3 is 6.18 Å². The largest absolute Gasteiger partial charge is 0.446 e. The number of allylic oxidation sites excluding steroid dienone is 4. The quantitative estimate of drug-likeness (QED) is 0.351. The zero-order valence-corrected chi connectivity index (χ0v) is 15.4. The molecule has 0 amide bonds. The Morgan fingerprint density at radius 3 is 2.67 bits per heavy atom. The maximum Gasteiger partial charge on any atom is 0.389 e. The zero-order valence-electron chi connectivity index (χ0n) is 15.4. The minimum Gasteiger partial charge on any atom is -0.446 e. The van der Waals surface area contributed by atoms with Crippen LogP contribution in [0.1, 0.15) is 31.4 Å². The van der Waals surface area contributed by atoms with Crippen LogP contribution in [-0.2, 0) is 6.42 Å². The van der Waals surface area contributed by atoms with Crippen molar-refractivity contribution in [2.24, 2.45) is 10.1 Å². The van der Waals surface area contributed by atoms with Crippen LogP contribution in [0.4, 0.5) is 13.2 Å². The van der Waals surface area contributed by atoms with E-state index in [0.717, 1.165) is 0 Å². The van der Waals surface area contributed by atoms with Crippen molar-refractivity contribution in [3.8, 4) is 0 Å². The third-order valence-corrected chi connectivity index (χ3v) is 3.25. The molecule has 0 spiro atoms. The van der Waals surface area contributed by atoms with E-state index in [-0.39, 0.29) is 6.42 Å². The average Bonchev–Trinajstić information content (AvgIpc) is 3.02. The smallest absolute Gasteiger partial charge is 0.389 e. The lowest BCUT2D eigenvalue weighted by Crippen LogP contribution is -2.09. The minimum absolute atomic E-state index is 0.164. The Balaban J connectivity index is 2.90. The first-order chi connectivity index (χ1) is 12.7. The van der Waals surface area contributed by atoms with E-state index in [9.17, 15) is 13.2 Å². The molecule has 0 aliphatic heterocycles. The molecule has 0 aromatic carbocycles. The summed E-state index contributed by atoms with van der Waals surface area (Å²) in [6.07, 6.45) is 4.76. The summed E-state index contributed by atoms with van der Waals surface area (Å²) < 4.78 is 42.2. The number of hydrazone groups is 1. The van der Waals surface area contributed by atoms with E-state index < -0.39 is 12.6 Å². The molecule has 0 unspecified atom stereocenters. The molecule has 146 valence electrons. The van der Waals surface area contributed by atoms with Crippen LogP contribution in [0.3, 0.4) is 0 Å². The summed E-state index contributed by atoms with van der Waals surface area (Å²) in [7, 11) is 0. The summed E-state index contributed by atoms with van der Waals surface area (Å²) in [5, 5.41) is 4.14. The molecule has 0 radical (unpaired) electrons. The molecule has 0 bridgehead atoms. The Kier molecular flexibility index (Phi) is 8.98. The van der Waals surface area contributed by atoms with E-state index >= 15 is 0 Å². The van der Waals surface area contributed by atoms with Crippen LogP contribution in [0.15, 0.2) is 70.1 Å². The van der Waals surface area contributed by atoms with Crippen molar-refractivity contribution in [1.82, 2.24) is 10.4 Å². The van der Waals surface area contributed by atoms with Gasteiger partial charge in [0.05, 0.1) is 11.9 Å². The van der Waals surface area contributed by atoms with Gasteiger partial charge < -0.3 is 4.42 Å². The van der Waals surface area contributed by atoms with Gasteiger partial charge in [-0.1, -0.05) is 25.3 Å². The van der Waals surface area contributed by atoms with Crippen LogP contribution < -0.4 is 5.43 Å². The molecule has 0 atom stereocenters. The third kappa shape index (κ3) is 9.39. The first kappa shape index (κ1) is 22.1. The van der Waals surface area contributed by atoms with Gasteiger partial charge in [0.1, 0.15) is 5.76 Å². The highest BCUT2D eigenvalue weighted by molar-refractivity contribution is 6.10. The molecule has 1 aromatic heterocycles. The molecule has 0 fully saturated rings. The Bertz CT molecular complexity index is 755.